The molecule has 13 heavy (non-hydrogen) atoms. The molecular weight excluding hydrogens is 166 g/mol. The van der Waals surface area contributed by atoms with Crippen LogP contribution in [0, 0.1) is 0 Å². The summed E-state index contributed by atoms with van der Waals surface area (Å²) in [5.74, 6) is 0. The summed E-state index contributed by atoms with van der Waals surface area (Å²) >= 11 is 0. The predicted octanol–water partition coefficient (Wildman–Crippen LogP) is 0.206. The SMILES string of the molecule is NC1C=C(n2ccnc2)CCC1O. The molecule has 1 aromatic heterocycles. The van der Waals surface area contributed by atoms with E-state index in [1.54, 1.807) is 12.5 Å². The maximum absolute atomic E-state index is 9.40. The van der Waals surface area contributed by atoms with E-state index in [0.717, 1.165) is 18.5 Å². The molecule has 4 heteroatoms. The Kier molecular flexibility index (Phi) is 2.16. The average molecular weight is 179 g/mol. The highest BCUT2D eigenvalue weighted by molar-refractivity contribution is 5.47. The summed E-state index contributed by atoms with van der Waals surface area (Å²) in [7, 11) is 0. The largest absolute Gasteiger partial charge is 0.391 e. The van der Waals surface area contributed by atoms with E-state index in [1.165, 1.54) is 0 Å². The fourth-order valence-corrected chi connectivity index (χ4v) is 1.55. The van der Waals surface area contributed by atoms with Gasteiger partial charge in [-0.15, -0.1) is 0 Å². The molecule has 0 radical (unpaired) electrons. The molecule has 1 aliphatic rings. The number of rotatable bonds is 1. The van der Waals surface area contributed by atoms with Gasteiger partial charge in [0.1, 0.15) is 0 Å². The molecule has 2 rings (SSSR count). The van der Waals surface area contributed by atoms with E-state index in [9.17, 15) is 5.11 Å². The van der Waals surface area contributed by atoms with Crippen LogP contribution in [0.5, 0.6) is 0 Å². The summed E-state index contributed by atoms with van der Waals surface area (Å²) in [5, 5.41) is 9.40. The molecule has 0 bridgehead atoms. The number of nitrogens with zero attached hydrogens (tertiary/aromatic N) is 2. The fourth-order valence-electron chi connectivity index (χ4n) is 1.55. The second-order valence-corrected chi connectivity index (χ2v) is 3.31. The molecule has 1 heterocycles. The molecule has 70 valence electrons. The zero-order valence-corrected chi connectivity index (χ0v) is 7.30. The number of imidazole rings is 1. The molecule has 4 nitrogen and oxygen atoms in total. The van der Waals surface area contributed by atoms with Crippen LogP contribution in [-0.4, -0.2) is 26.8 Å². The Hall–Kier alpha value is -1.13. The van der Waals surface area contributed by atoms with Crippen molar-refractivity contribution in [3.8, 4) is 0 Å². The normalized spacial score (nSPS) is 28.6. The van der Waals surface area contributed by atoms with Crippen molar-refractivity contribution in [1.29, 1.82) is 0 Å². The number of hydrogen-bond donors (Lipinski definition) is 2. The molecule has 0 amide bonds. The third-order valence-corrected chi connectivity index (χ3v) is 2.36. The van der Waals surface area contributed by atoms with Gasteiger partial charge in [0.05, 0.1) is 18.5 Å². The van der Waals surface area contributed by atoms with Crippen LogP contribution in [0.25, 0.3) is 5.70 Å². The molecular formula is C9H13N3O. The molecule has 1 aromatic rings. The van der Waals surface area contributed by atoms with Crippen LogP contribution < -0.4 is 5.73 Å². The van der Waals surface area contributed by atoms with Gasteiger partial charge in [-0.25, -0.2) is 4.98 Å². The minimum absolute atomic E-state index is 0.244. The topological polar surface area (TPSA) is 64.1 Å². The van der Waals surface area contributed by atoms with Gasteiger partial charge in [0.15, 0.2) is 0 Å². The first-order chi connectivity index (χ1) is 6.27. The van der Waals surface area contributed by atoms with Crippen molar-refractivity contribution >= 4 is 5.70 Å². The van der Waals surface area contributed by atoms with E-state index in [1.807, 2.05) is 16.8 Å². The first-order valence-corrected chi connectivity index (χ1v) is 4.40. The van der Waals surface area contributed by atoms with Crippen LogP contribution in [0.4, 0.5) is 0 Å². The van der Waals surface area contributed by atoms with Crippen LogP contribution in [0.3, 0.4) is 0 Å². The number of hydrogen-bond acceptors (Lipinski definition) is 3. The maximum Gasteiger partial charge on any atom is 0.0989 e. The third kappa shape index (κ3) is 1.64. The molecule has 0 saturated carbocycles. The van der Waals surface area contributed by atoms with Gasteiger partial charge in [0, 0.05) is 18.1 Å². The average Bonchev–Trinajstić information content (AvgIpc) is 2.62. The Bertz CT molecular complexity index is 305. The zero-order chi connectivity index (χ0) is 9.26. The van der Waals surface area contributed by atoms with E-state index in [0.29, 0.717) is 0 Å². The zero-order valence-electron chi connectivity index (χ0n) is 7.30. The van der Waals surface area contributed by atoms with E-state index in [-0.39, 0.29) is 6.04 Å². The molecule has 2 atom stereocenters. The quantitative estimate of drug-likeness (QED) is 0.647. The molecule has 0 aromatic carbocycles. The van der Waals surface area contributed by atoms with E-state index in [2.05, 4.69) is 4.98 Å². The molecule has 0 aliphatic heterocycles. The van der Waals surface area contributed by atoms with Gasteiger partial charge in [0.2, 0.25) is 0 Å². The van der Waals surface area contributed by atoms with Crippen LogP contribution >= 0.6 is 0 Å². The summed E-state index contributed by atoms with van der Waals surface area (Å²) in [6.07, 6.45) is 8.45. The summed E-state index contributed by atoms with van der Waals surface area (Å²) < 4.78 is 1.94. The van der Waals surface area contributed by atoms with Crippen molar-refractivity contribution < 1.29 is 5.11 Å². The van der Waals surface area contributed by atoms with Crippen LogP contribution in [0.2, 0.25) is 0 Å². The van der Waals surface area contributed by atoms with Crippen molar-refractivity contribution in [2.75, 3.05) is 0 Å². The van der Waals surface area contributed by atoms with Crippen molar-refractivity contribution in [3.05, 3.63) is 24.8 Å². The molecule has 0 saturated heterocycles. The number of aliphatic hydroxyl groups is 1. The second-order valence-electron chi connectivity index (χ2n) is 3.31. The van der Waals surface area contributed by atoms with E-state index in [4.69, 9.17) is 5.73 Å². The van der Waals surface area contributed by atoms with Crippen molar-refractivity contribution in [2.45, 2.75) is 25.0 Å². The highest BCUT2D eigenvalue weighted by atomic mass is 16.3. The lowest BCUT2D eigenvalue weighted by Crippen LogP contribution is -2.35. The smallest absolute Gasteiger partial charge is 0.0989 e. The Morgan fingerprint density at radius 2 is 2.46 bits per heavy atom. The monoisotopic (exact) mass is 179 g/mol. The van der Waals surface area contributed by atoms with E-state index < -0.39 is 6.10 Å². The minimum Gasteiger partial charge on any atom is -0.391 e. The van der Waals surface area contributed by atoms with Gasteiger partial charge in [0.25, 0.3) is 0 Å². The number of nitrogens with two attached hydrogens (primary N) is 1. The molecule has 2 unspecified atom stereocenters. The number of aromatic nitrogens is 2. The number of allylic oxidation sites excluding steroid dienone is 1. The minimum atomic E-state index is -0.396. The highest BCUT2D eigenvalue weighted by Gasteiger charge is 2.19. The Labute approximate surface area is 76.7 Å². The number of aliphatic hydroxyl groups excluding tert-OH is 1. The van der Waals surface area contributed by atoms with Crippen LogP contribution in [0.1, 0.15) is 12.8 Å². The fraction of sp³-hybridized carbons (Fsp3) is 0.444. The molecule has 0 spiro atoms. The van der Waals surface area contributed by atoms with Gasteiger partial charge < -0.3 is 15.4 Å². The third-order valence-electron chi connectivity index (χ3n) is 2.36. The summed E-state index contributed by atoms with van der Waals surface area (Å²) in [5.41, 5.74) is 6.84. The van der Waals surface area contributed by atoms with Gasteiger partial charge in [-0.3, -0.25) is 0 Å². The first kappa shape index (κ1) is 8.47. The van der Waals surface area contributed by atoms with Crippen LogP contribution in [-0.2, 0) is 0 Å². The molecule has 1 aliphatic carbocycles. The summed E-state index contributed by atoms with van der Waals surface area (Å²) in [4.78, 5) is 3.96. The lowest BCUT2D eigenvalue weighted by atomic mass is 9.97. The van der Waals surface area contributed by atoms with Crippen molar-refractivity contribution in [3.63, 3.8) is 0 Å². The predicted molar refractivity (Wildman–Crippen MR) is 49.7 cm³/mol. The Morgan fingerprint density at radius 1 is 1.62 bits per heavy atom. The first-order valence-electron chi connectivity index (χ1n) is 4.40. The molecule has 3 N–H and O–H groups in total. The summed E-state index contributed by atoms with van der Waals surface area (Å²) in [6.45, 7) is 0. The maximum atomic E-state index is 9.40. The summed E-state index contributed by atoms with van der Waals surface area (Å²) in [6, 6.07) is -0.244. The highest BCUT2D eigenvalue weighted by Crippen LogP contribution is 2.20. The Balaban J connectivity index is 2.22. The molecule has 0 fully saturated rings. The van der Waals surface area contributed by atoms with E-state index >= 15 is 0 Å². The van der Waals surface area contributed by atoms with Gasteiger partial charge in [-0.2, -0.15) is 0 Å². The van der Waals surface area contributed by atoms with Gasteiger partial charge >= 0.3 is 0 Å². The lowest BCUT2D eigenvalue weighted by molar-refractivity contribution is 0.147. The lowest BCUT2D eigenvalue weighted by Gasteiger charge is -2.23. The van der Waals surface area contributed by atoms with Gasteiger partial charge in [-0.05, 0) is 18.9 Å². The van der Waals surface area contributed by atoms with Crippen LogP contribution in [0.15, 0.2) is 24.8 Å². The standard InChI is InChI=1S/C9H13N3O/c10-8-5-7(1-2-9(8)13)12-4-3-11-6-12/h3-6,8-9,13H,1-2,10H2. The van der Waals surface area contributed by atoms with Crippen molar-refractivity contribution in [2.24, 2.45) is 5.73 Å². The van der Waals surface area contributed by atoms with Crippen molar-refractivity contribution in [1.82, 2.24) is 9.55 Å². The van der Waals surface area contributed by atoms with Gasteiger partial charge in [-0.1, -0.05) is 0 Å². The second kappa shape index (κ2) is 3.32. The Morgan fingerprint density at radius 3 is 3.08 bits per heavy atom.